The zero-order valence-electron chi connectivity index (χ0n) is 13.5. The number of benzene rings is 1. The summed E-state index contributed by atoms with van der Waals surface area (Å²) in [6.07, 6.45) is 0.629. The quantitative estimate of drug-likeness (QED) is 0.332. The third-order valence-electron chi connectivity index (χ3n) is 3.37. The topological polar surface area (TPSA) is 95.2 Å². The molecule has 9 heteroatoms. The summed E-state index contributed by atoms with van der Waals surface area (Å²) >= 11 is 8.49. The Labute approximate surface area is 155 Å². The van der Waals surface area contributed by atoms with Crippen LogP contribution in [0.15, 0.2) is 24.3 Å². The van der Waals surface area contributed by atoms with Crippen LogP contribution in [0.2, 0.25) is 0 Å². The molecular formula is C16H17N3O4S2. The van der Waals surface area contributed by atoms with E-state index in [0.717, 1.165) is 5.56 Å². The van der Waals surface area contributed by atoms with E-state index in [1.54, 1.807) is 19.1 Å². The van der Waals surface area contributed by atoms with E-state index < -0.39 is 4.92 Å². The molecule has 1 aromatic carbocycles. The Morgan fingerprint density at radius 1 is 1.16 bits per heavy atom. The van der Waals surface area contributed by atoms with Gasteiger partial charge in [0.1, 0.15) is 5.82 Å². The first-order valence-electron chi connectivity index (χ1n) is 7.52. The first kappa shape index (κ1) is 19.2. The molecular weight excluding hydrogens is 362 g/mol. The number of nitro benzene ring substituents is 1. The Bertz CT molecular complexity index is 756. The molecule has 0 aliphatic carbocycles. The Morgan fingerprint density at radius 3 is 2.16 bits per heavy atom. The van der Waals surface area contributed by atoms with Gasteiger partial charge in [-0.2, -0.15) is 25.3 Å². The zero-order valence-corrected chi connectivity index (χ0v) is 15.3. The van der Waals surface area contributed by atoms with Gasteiger partial charge in [-0.25, -0.2) is 9.97 Å². The molecule has 0 amide bonds. The summed E-state index contributed by atoms with van der Waals surface area (Å²) in [4.78, 5) is 30.7. The minimum Gasteiger partial charge on any atom is -0.423 e. The van der Waals surface area contributed by atoms with Gasteiger partial charge in [-0.05, 0) is 5.56 Å². The molecule has 132 valence electrons. The number of hydrogen-bond acceptors (Lipinski definition) is 8. The van der Waals surface area contributed by atoms with E-state index in [0.29, 0.717) is 29.4 Å². The number of carbonyl (C=O) groups is 1. The molecule has 0 saturated carbocycles. The van der Waals surface area contributed by atoms with Crippen molar-refractivity contribution in [3.05, 3.63) is 57.2 Å². The largest absolute Gasteiger partial charge is 0.423 e. The van der Waals surface area contributed by atoms with Crippen LogP contribution in [0.25, 0.3) is 0 Å². The van der Waals surface area contributed by atoms with Crippen molar-refractivity contribution in [2.45, 2.75) is 31.3 Å². The molecule has 0 aliphatic rings. The summed E-state index contributed by atoms with van der Waals surface area (Å²) in [5.41, 5.74) is 1.89. The van der Waals surface area contributed by atoms with Crippen LogP contribution in [0.3, 0.4) is 0 Å². The van der Waals surface area contributed by atoms with Crippen LogP contribution in [0.4, 0.5) is 5.69 Å². The van der Waals surface area contributed by atoms with Crippen molar-refractivity contribution >= 4 is 36.9 Å². The molecule has 1 heterocycles. The highest BCUT2D eigenvalue weighted by Gasteiger charge is 2.17. The van der Waals surface area contributed by atoms with E-state index in [9.17, 15) is 14.9 Å². The van der Waals surface area contributed by atoms with Crippen LogP contribution in [-0.4, -0.2) is 20.9 Å². The lowest BCUT2D eigenvalue weighted by Crippen LogP contribution is -2.13. The van der Waals surface area contributed by atoms with E-state index >= 15 is 0 Å². The van der Waals surface area contributed by atoms with Gasteiger partial charge in [0.05, 0.1) is 16.3 Å². The van der Waals surface area contributed by atoms with Gasteiger partial charge in [-0.15, -0.1) is 0 Å². The molecule has 7 nitrogen and oxygen atoms in total. The highest BCUT2D eigenvalue weighted by Crippen LogP contribution is 2.26. The Hall–Kier alpha value is -2.13. The second kappa shape index (κ2) is 8.82. The van der Waals surface area contributed by atoms with Crippen LogP contribution < -0.4 is 4.74 Å². The SMILES string of the molecule is CCC(=O)Oc1c(CS)nc(Cc2ccc([N+](=O)[O-])cc2)nc1CS. The van der Waals surface area contributed by atoms with Crippen LogP contribution in [0, 0.1) is 10.1 Å². The van der Waals surface area contributed by atoms with E-state index in [2.05, 4.69) is 35.2 Å². The number of rotatable bonds is 7. The Balaban J connectivity index is 2.32. The molecule has 1 aromatic heterocycles. The minimum absolute atomic E-state index is 0.0265. The molecule has 2 rings (SSSR count). The van der Waals surface area contributed by atoms with Gasteiger partial charge >= 0.3 is 5.97 Å². The first-order valence-corrected chi connectivity index (χ1v) is 8.79. The molecule has 0 N–H and O–H groups in total. The van der Waals surface area contributed by atoms with Crippen LogP contribution in [-0.2, 0) is 22.7 Å². The zero-order chi connectivity index (χ0) is 18.4. The first-order chi connectivity index (χ1) is 12.0. The van der Waals surface area contributed by atoms with Crippen molar-refractivity contribution in [1.29, 1.82) is 0 Å². The smallest absolute Gasteiger partial charge is 0.311 e. The average Bonchev–Trinajstić information content (AvgIpc) is 2.62. The third kappa shape index (κ3) is 4.93. The fourth-order valence-electron chi connectivity index (χ4n) is 2.12. The van der Waals surface area contributed by atoms with Crippen molar-refractivity contribution in [2.75, 3.05) is 0 Å². The van der Waals surface area contributed by atoms with Crippen LogP contribution >= 0.6 is 25.3 Å². The minimum atomic E-state index is -0.449. The molecule has 0 fully saturated rings. The van der Waals surface area contributed by atoms with E-state index in [1.165, 1.54) is 12.1 Å². The number of hydrogen-bond donors (Lipinski definition) is 2. The highest BCUT2D eigenvalue weighted by atomic mass is 32.1. The molecule has 2 aromatic rings. The maximum atomic E-state index is 11.6. The molecule has 0 spiro atoms. The van der Waals surface area contributed by atoms with Crippen LogP contribution in [0.5, 0.6) is 5.75 Å². The monoisotopic (exact) mass is 379 g/mol. The number of nitro groups is 1. The summed E-state index contributed by atoms with van der Waals surface area (Å²) in [5, 5.41) is 10.7. The average molecular weight is 379 g/mol. The van der Waals surface area contributed by atoms with Crippen molar-refractivity contribution in [3.63, 3.8) is 0 Å². The van der Waals surface area contributed by atoms with E-state index in [1.807, 2.05) is 0 Å². The molecule has 0 atom stereocenters. The number of carbonyl (C=O) groups excluding carboxylic acids is 1. The van der Waals surface area contributed by atoms with Crippen molar-refractivity contribution in [3.8, 4) is 5.75 Å². The van der Waals surface area contributed by atoms with Crippen LogP contribution in [0.1, 0.15) is 36.1 Å². The van der Waals surface area contributed by atoms with Crippen molar-refractivity contribution < 1.29 is 14.5 Å². The number of esters is 1. The predicted molar refractivity (Wildman–Crippen MR) is 99.2 cm³/mol. The second-order valence-electron chi connectivity index (χ2n) is 5.11. The standard InChI is InChI=1S/C16H17N3O4S2/c1-2-15(20)23-16-12(8-24)17-14(18-13(16)9-25)7-10-3-5-11(6-4-10)19(21)22/h3-6,24-25H,2,7-9H2,1H3. The Morgan fingerprint density at radius 2 is 1.72 bits per heavy atom. The lowest BCUT2D eigenvalue weighted by atomic mass is 10.1. The number of non-ortho nitro benzene ring substituents is 1. The van der Waals surface area contributed by atoms with E-state index in [4.69, 9.17) is 4.74 Å². The van der Waals surface area contributed by atoms with Gasteiger partial charge in [-0.1, -0.05) is 19.1 Å². The molecule has 0 unspecified atom stereocenters. The number of ether oxygens (including phenoxy) is 1. The third-order valence-corrected chi connectivity index (χ3v) is 3.96. The molecule has 0 saturated heterocycles. The van der Waals surface area contributed by atoms with Crippen molar-refractivity contribution in [1.82, 2.24) is 9.97 Å². The van der Waals surface area contributed by atoms with E-state index in [-0.39, 0.29) is 29.6 Å². The van der Waals surface area contributed by atoms with Gasteiger partial charge in [-0.3, -0.25) is 14.9 Å². The summed E-state index contributed by atoms with van der Waals surface area (Å²) in [6.45, 7) is 1.70. The van der Waals surface area contributed by atoms with Gasteiger partial charge in [0, 0.05) is 36.5 Å². The highest BCUT2D eigenvalue weighted by molar-refractivity contribution is 7.79. The second-order valence-corrected chi connectivity index (χ2v) is 5.74. The van der Waals surface area contributed by atoms with Gasteiger partial charge in [0.15, 0.2) is 5.75 Å². The van der Waals surface area contributed by atoms with Gasteiger partial charge in [0.25, 0.3) is 5.69 Å². The summed E-state index contributed by atoms with van der Waals surface area (Å²) in [6, 6.07) is 6.19. The lowest BCUT2D eigenvalue weighted by molar-refractivity contribution is -0.384. The maximum Gasteiger partial charge on any atom is 0.311 e. The maximum absolute atomic E-state index is 11.6. The van der Waals surface area contributed by atoms with Crippen molar-refractivity contribution in [2.24, 2.45) is 0 Å². The number of thiol groups is 2. The Kier molecular flexibility index (Phi) is 6.77. The number of aromatic nitrogens is 2. The molecule has 25 heavy (non-hydrogen) atoms. The number of nitrogens with zero attached hydrogens (tertiary/aromatic N) is 3. The lowest BCUT2D eigenvalue weighted by Gasteiger charge is -2.13. The van der Waals surface area contributed by atoms with Gasteiger partial charge < -0.3 is 4.74 Å². The fraction of sp³-hybridized carbons (Fsp3) is 0.312. The van der Waals surface area contributed by atoms with Gasteiger partial charge in [0.2, 0.25) is 0 Å². The summed E-state index contributed by atoms with van der Waals surface area (Å²) < 4.78 is 5.32. The fourth-order valence-corrected chi connectivity index (χ4v) is 2.55. The molecule has 0 radical (unpaired) electrons. The summed E-state index contributed by atoms with van der Waals surface area (Å²) in [7, 11) is 0. The predicted octanol–water partition coefficient (Wildman–Crippen LogP) is 3.15. The molecule has 0 aliphatic heterocycles. The summed E-state index contributed by atoms with van der Waals surface area (Å²) in [5.74, 6) is 1.01. The normalized spacial score (nSPS) is 10.5. The molecule has 0 bridgehead atoms.